The van der Waals surface area contributed by atoms with Gasteiger partial charge in [-0.3, -0.25) is 0 Å². The fraction of sp³-hybridized carbons (Fsp3) is 0.538. The lowest BCUT2D eigenvalue weighted by atomic mass is 9.87. The van der Waals surface area contributed by atoms with Crippen molar-refractivity contribution in [2.24, 2.45) is 5.73 Å². The van der Waals surface area contributed by atoms with E-state index < -0.39 is 5.60 Å². The van der Waals surface area contributed by atoms with E-state index in [9.17, 15) is 5.11 Å². The molecule has 1 aromatic carbocycles. The van der Waals surface area contributed by atoms with Crippen LogP contribution in [0, 0.1) is 6.92 Å². The van der Waals surface area contributed by atoms with Crippen LogP contribution in [0.25, 0.3) is 0 Å². The van der Waals surface area contributed by atoms with Gasteiger partial charge in [-0.25, -0.2) is 0 Å². The van der Waals surface area contributed by atoms with Crippen LogP contribution < -0.4 is 5.73 Å². The van der Waals surface area contributed by atoms with E-state index in [1.807, 2.05) is 6.92 Å². The summed E-state index contributed by atoms with van der Waals surface area (Å²) >= 11 is 0. The van der Waals surface area contributed by atoms with Crippen LogP contribution in [0.1, 0.15) is 37.3 Å². The number of aliphatic hydroxyl groups is 1. The summed E-state index contributed by atoms with van der Waals surface area (Å²) < 4.78 is 0. The van der Waals surface area contributed by atoms with Crippen LogP contribution in [0.2, 0.25) is 0 Å². The molecule has 2 heteroatoms. The van der Waals surface area contributed by atoms with Gasteiger partial charge in [-0.2, -0.15) is 0 Å². The summed E-state index contributed by atoms with van der Waals surface area (Å²) in [5, 5.41) is 9.97. The van der Waals surface area contributed by atoms with Crippen molar-refractivity contribution in [2.75, 3.05) is 0 Å². The average molecular weight is 205 g/mol. The molecule has 0 saturated heterocycles. The SMILES string of the molecule is Cc1ccc(C2(N)CCC(C)(O)C2)cc1. The van der Waals surface area contributed by atoms with Crippen LogP contribution in [-0.2, 0) is 5.54 Å². The second-order valence-electron chi connectivity index (χ2n) is 5.20. The Morgan fingerprint density at radius 1 is 1.20 bits per heavy atom. The topological polar surface area (TPSA) is 46.2 Å². The van der Waals surface area contributed by atoms with Gasteiger partial charge in [-0.15, -0.1) is 0 Å². The minimum atomic E-state index is -0.598. The summed E-state index contributed by atoms with van der Waals surface area (Å²) in [7, 11) is 0. The highest BCUT2D eigenvalue weighted by atomic mass is 16.3. The Bertz CT molecular complexity index is 355. The monoisotopic (exact) mass is 205 g/mol. The molecule has 0 amide bonds. The van der Waals surface area contributed by atoms with Gasteiger partial charge in [0.25, 0.3) is 0 Å². The number of nitrogens with two attached hydrogens (primary N) is 1. The van der Waals surface area contributed by atoms with E-state index in [0.29, 0.717) is 6.42 Å². The molecule has 1 aromatic rings. The molecule has 15 heavy (non-hydrogen) atoms. The first-order valence-electron chi connectivity index (χ1n) is 5.50. The lowest BCUT2D eigenvalue weighted by molar-refractivity contribution is 0.0611. The summed E-state index contributed by atoms with van der Waals surface area (Å²) in [6, 6.07) is 8.32. The van der Waals surface area contributed by atoms with Crippen molar-refractivity contribution in [1.29, 1.82) is 0 Å². The first-order chi connectivity index (χ1) is 6.91. The van der Waals surface area contributed by atoms with E-state index in [-0.39, 0.29) is 5.54 Å². The fourth-order valence-corrected chi connectivity index (χ4v) is 2.48. The molecule has 0 bridgehead atoms. The van der Waals surface area contributed by atoms with Gasteiger partial charge in [0, 0.05) is 5.54 Å². The zero-order chi connectivity index (χ0) is 11.1. The van der Waals surface area contributed by atoms with Crippen molar-refractivity contribution >= 4 is 0 Å². The first-order valence-corrected chi connectivity index (χ1v) is 5.50. The molecule has 2 nitrogen and oxygen atoms in total. The highest BCUT2D eigenvalue weighted by Gasteiger charge is 2.42. The second kappa shape index (κ2) is 3.32. The molecule has 0 aromatic heterocycles. The molecule has 1 aliphatic rings. The Kier molecular flexibility index (Phi) is 2.36. The summed E-state index contributed by atoms with van der Waals surface area (Å²) in [5.41, 5.74) is 7.80. The molecule has 2 unspecified atom stereocenters. The number of hydrogen-bond donors (Lipinski definition) is 2. The van der Waals surface area contributed by atoms with E-state index >= 15 is 0 Å². The molecule has 1 fully saturated rings. The fourth-order valence-electron chi connectivity index (χ4n) is 2.48. The second-order valence-corrected chi connectivity index (χ2v) is 5.20. The van der Waals surface area contributed by atoms with Crippen LogP contribution in [0.4, 0.5) is 0 Å². The van der Waals surface area contributed by atoms with Crippen molar-refractivity contribution in [3.63, 3.8) is 0 Å². The van der Waals surface area contributed by atoms with Crippen LogP contribution >= 0.6 is 0 Å². The third kappa shape index (κ3) is 2.06. The van der Waals surface area contributed by atoms with Gasteiger partial charge in [-0.1, -0.05) is 29.8 Å². The standard InChI is InChI=1S/C13H19NO/c1-10-3-5-11(6-4-10)13(14)8-7-12(2,15)9-13/h3-6,15H,7-9,14H2,1-2H3. The normalized spacial score (nSPS) is 35.7. The molecule has 0 radical (unpaired) electrons. The summed E-state index contributed by atoms with van der Waals surface area (Å²) in [6.07, 6.45) is 2.31. The Morgan fingerprint density at radius 3 is 2.27 bits per heavy atom. The Hall–Kier alpha value is -0.860. The zero-order valence-corrected chi connectivity index (χ0v) is 9.46. The van der Waals surface area contributed by atoms with E-state index in [1.54, 1.807) is 0 Å². The Labute approximate surface area is 91.1 Å². The highest BCUT2D eigenvalue weighted by Crippen LogP contribution is 2.42. The zero-order valence-electron chi connectivity index (χ0n) is 9.46. The van der Waals surface area contributed by atoms with Crippen molar-refractivity contribution in [1.82, 2.24) is 0 Å². The quantitative estimate of drug-likeness (QED) is 0.737. The van der Waals surface area contributed by atoms with Crippen molar-refractivity contribution in [3.05, 3.63) is 35.4 Å². The number of hydrogen-bond acceptors (Lipinski definition) is 2. The largest absolute Gasteiger partial charge is 0.390 e. The number of benzene rings is 1. The third-order valence-electron chi connectivity index (χ3n) is 3.43. The summed E-state index contributed by atoms with van der Waals surface area (Å²) in [4.78, 5) is 0. The molecule has 0 heterocycles. The predicted octanol–water partition coefficient (Wildman–Crippen LogP) is 2.08. The van der Waals surface area contributed by atoms with Crippen LogP contribution in [0.3, 0.4) is 0 Å². The molecule has 2 rings (SSSR count). The molecule has 2 atom stereocenters. The van der Waals surface area contributed by atoms with Gasteiger partial charge < -0.3 is 10.8 Å². The van der Waals surface area contributed by atoms with Gasteiger partial charge in [0.1, 0.15) is 0 Å². The van der Waals surface area contributed by atoms with Gasteiger partial charge in [0.05, 0.1) is 5.60 Å². The lowest BCUT2D eigenvalue weighted by Crippen LogP contribution is -2.36. The van der Waals surface area contributed by atoms with Crippen LogP contribution in [-0.4, -0.2) is 10.7 Å². The highest BCUT2D eigenvalue weighted by molar-refractivity contribution is 5.29. The molecule has 3 N–H and O–H groups in total. The van der Waals surface area contributed by atoms with Crippen molar-refractivity contribution in [3.8, 4) is 0 Å². The molecule has 0 spiro atoms. The van der Waals surface area contributed by atoms with E-state index in [2.05, 4.69) is 31.2 Å². The lowest BCUT2D eigenvalue weighted by Gasteiger charge is -2.26. The number of aryl methyl sites for hydroxylation is 1. The Balaban J connectivity index is 2.27. The van der Waals surface area contributed by atoms with E-state index in [1.165, 1.54) is 5.56 Å². The maximum atomic E-state index is 9.97. The van der Waals surface area contributed by atoms with Gasteiger partial charge in [-0.05, 0) is 38.7 Å². The van der Waals surface area contributed by atoms with Gasteiger partial charge >= 0.3 is 0 Å². The van der Waals surface area contributed by atoms with Gasteiger partial charge in [0.2, 0.25) is 0 Å². The molecular formula is C13H19NO. The first kappa shape index (κ1) is 10.7. The maximum Gasteiger partial charge on any atom is 0.0641 e. The Morgan fingerprint density at radius 2 is 1.80 bits per heavy atom. The van der Waals surface area contributed by atoms with E-state index in [4.69, 9.17) is 5.73 Å². The molecule has 82 valence electrons. The summed E-state index contributed by atoms with van der Waals surface area (Å²) in [5.74, 6) is 0. The third-order valence-corrected chi connectivity index (χ3v) is 3.43. The molecule has 0 aliphatic heterocycles. The van der Waals surface area contributed by atoms with Crippen LogP contribution in [0.15, 0.2) is 24.3 Å². The number of rotatable bonds is 1. The molecule has 1 aliphatic carbocycles. The van der Waals surface area contributed by atoms with E-state index in [0.717, 1.165) is 18.4 Å². The van der Waals surface area contributed by atoms with Crippen molar-refractivity contribution in [2.45, 2.75) is 44.2 Å². The molecule has 1 saturated carbocycles. The minimum absolute atomic E-state index is 0.336. The summed E-state index contributed by atoms with van der Waals surface area (Å²) in [6.45, 7) is 3.94. The predicted molar refractivity (Wildman–Crippen MR) is 61.5 cm³/mol. The average Bonchev–Trinajstić information content (AvgIpc) is 2.43. The van der Waals surface area contributed by atoms with Crippen LogP contribution in [0.5, 0.6) is 0 Å². The minimum Gasteiger partial charge on any atom is -0.390 e. The maximum absolute atomic E-state index is 9.97. The van der Waals surface area contributed by atoms with Crippen molar-refractivity contribution < 1.29 is 5.11 Å². The molecular weight excluding hydrogens is 186 g/mol. The van der Waals surface area contributed by atoms with Gasteiger partial charge in [0.15, 0.2) is 0 Å². The smallest absolute Gasteiger partial charge is 0.0641 e.